The van der Waals surface area contributed by atoms with Gasteiger partial charge in [-0.3, -0.25) is 0 Å². The number of rotatable bonds is 10. The Hall–Kier alpha value is -0.653. The van der Waals surface area contributed by atoms with E-state index in [4.69, 9.17) is 13.6 Å². The fourth-order valence-electron chi connectivity index (χ4n) is 1.42. The van der Waals surface area contributed by atoms with Gasteiger partial charge in [-0.1, -0.05) is 25.8 Å². The number of carbonyl (C=O) groups excluding carboxylic acids is 1. The van der Waals surface area contributed by atoms with E-state index in [1.54, 1.807) is 14.2 Å². The van der Waals surface area contributed by atoms with Crippen molar-refractivity contribution >= 4 is 14.5 Å². The quantitative estimate of drug-likeness (QED) is 0.262. The van der Waals surface area contributed by atoms with Crippen molar-refractivity contribution in [3.63, 3.8) is 0 Å². The van der Waals surface area contributed by atoms with Crippen LogP contribution in [0.1, 0.15) is 25.7 Å². The predicted molar refractivity (Wildman–Crippen MR) is 70.1 cm³/mol. The van der Waals surface area contributed by atoms with Crippen LogP contribution >= 0.6 is 0 Å². The SMILES string of the molecule is C=CC(=O)OCCCCCC[Si](C)(OC)OC. The highest BCUT2D eigenvalue weighted by Gasteiger charge is 2.27. The van der Waals surface area contributed by atoms with Crippen molar-refractivity contribution in [2.24, 2.45) is 0 Å². The fraction of sp³-hybridized carbons (Fsp3) is 0.750. The standard InChI is InChI=1S/C12H24O4Si/c1-5-12(13)16-10-8-6-7-9-11-17(4,14-2)15-3/h5H,1,6-11H2,2-4H3. The third kappa shape index (κ3) is 8.12. The van der Waals surface area contributed by atoms with Gasteiger partial charge in [-0.05, 0) is 19.0 Å². The van der Waals surface area contributed by atoms with Gasteiger partial charge >= 0.3 is 14.5 Å². The average Bonchev–Trinajstić information content (AvgIpc) is 2.36. The Morgan fingerprint density at radius 2 is 1.76 bits per heavy atom. The van der Waals surface area contributed by atoms with E-state index in [0.717, 1.165) is 31.7 Å². The Labute approximate surface area is 105 Å². The number of esters is 1. The van der Waals surface area contributed by atoms with E-state index in [1.165, 1.54) is 6.08 Å². The molecule has 5 heteroatoms. The number of hydrogen-bond donors (Lipinski definition) is 0. The van der Waals surface area contributed by atoms with Gasteiger partial charge in [0.1, 0.15) is 0 Å². The first-order valence-electron chi connectivity index (χ1n) is 5.97. The van der Waals surface area contributed by atoms with Gasteiger partial charge in [0.25, 0.3) is 0 Å². The second kappa shape index (κ2) is 9.38. The molecule has 0 aliphatic carbocycles. The van der Waals surface area contributed by atoms with Crippen molar-refractivity contribution < 1.29 is 18.4 Å². The van der Waals surface area contributed by atoms with E-state index in [-0.39, 0.29) is 5.97 Å². The van der Waals surface area contributed by atoms with Crippen LogP contribution in [0.3, 0.4) is 0 Å². The summed E-state index contributed by atoms with van der Waals surface area (Å²) in [7, 11) is 1.54. The maximum atomic E-state index is 10.7. The molecule has 0 bridgehead atoms. The van der Waals surface area contributed by atoms with Crippen molar-refractivity contribution in [3.05, 3.63) is 12.7 Å². The maximum absolute atomic E-state index is 10.7. The lowest BCUT2D eigenvalue weighted by Gasteiger charge is -2.22. The molecule has 0 atom stereocenters. The first-order chi connectivity index (χ1) is 8.08. The third-order valence-corrected chi connectivity index (χ3v) is 5.79. The summed E-state index contributed by atoms with van der Waals surface area (Å²) in [5.41, 5.74) is 0. The molecule has 0 saturated carbocycles. The number of hydrogen-bond acceptors (Lipinski definition) is 4. The van der Waals surface area contributed by atoms with Crippen LogP contribution in [0.4, 0.5) is 0 Å². The van der Waals surface area contributed by atoms with Gasteiger partial charge in [0.2, 0.25) is 0 Å². The van der Waals surface area contributed by atoms with Gasteiger partial charge in [-0.15, -0.1) is 0 Å². The van der Waals surface area contributed by atoms with Crippen molar-refractivity contribution in [3.8, 4) is 0 Å². The van der Waals surface area contributed by atoms with Gasteiger partial charge in [0.05, 0.1) is 6.61 Å². The predicted octanol–water partition coefficient (Wildman–Crippen LogP) is 2.64. The lowest BCUT2D eigenvalue weighted by Crippen LogP contribution is -2.35. The second-order valence-corrected chi connectivity index (χ2v) is 7.66. The van der Waals surface area contributed by atoms with Crippen LogP contribution in [0.25, 0.3) is 0 Å². The molecule has 0 saturated heterocycles. The molecule has 0 heterocycles. The fourth-order valence-corrected chi connectivity index (χ4v) is 2.89. The zero-order valence-corrected chi connectivity index (χ0v) is 12.2. The largest absolute Gasteiger partial charge is 0.463 e. The highest BCUT2D eigenvalue weighted by atomic mass is 28.4. The van der Waals surface area contributed by atoms with E-state index in [1.807, 2.05) is 0 Å². The van der Waals surface area contributed by atoms with Gasteiger partial charge in [0, 0.05) is 20.3 Å². The molecule has 0 aliphatic rings. The minimum atomic E-state index is -1.89. The molecule has 0 aromatic rings. The zero-order valence-electron chi connectivity index (χ0n) is 11.2. The Balaban J connectivity index is 3.40. The van der Waals surface area contributed by atoms with Crippen LogP contribution in [0.15, 0.2) is 12.7 Å². The first kappa shape index (κ1) is 16.3. The van der Waals surface area contributed by atoms with E-state index >= 15 is 0 Å². The third-order valence-electron chi connectivity index (χ3n) is 2.80. The molecule has 0 aliphatic heterocycles. The number of carbonyl (C=O) groups is 1. The topological polar surface area (TPSA) is 44.8 Å². The van der Waals surface area contributed by atoms with Crippen LogP contribution in [-0.4, -0.2) is 35.4 Å². The molecule has 100 valence electrons. The van der Waals surface area contributed by atoms with Crippen molar-refractivity contribution in [1.29, 1.82) is 0 Å². The molecule has 0 N–H and O–H groups in total. The first-order valence-corrected chi connectivity index (χ1v) is 8.50. The summed E-state index contributed by atoms with van der Waals surface area (Å²) in [5, 5.41) is 0. The molecule has 4 nitrogen and oxygen atoms in total. The Bertz CT molecular complexity index is 227. The number of ether oxygens (including phenoxy) is 1. The van der Waals surface area contributed by atoms with Crippen molar-refractivity contribution in [1.82, 2.24) is 0 Å². The Morgan fingerprint density at radius 1 is 1.18 bits per heavy atom. The average molecular weight is 260 g/mol. The highest BCUT2D eigenvalue weighted by molar-refractivity contribution is 6.65. The normalized spacial score (nSPS) is 11.2. The molecule has 0 unspecified atom stereocenters. The maximum Gasteiger partial charge on any atom is 0.334 e. The van der Waals surface area contributed by atoms with Crippen LogP contribution in [0.2, 0.25) is 12.6 Å². The summed E-state index contributed by atoms with van der Waals surface area (Å²) in [6.07, 6.45) is 5.36. The Kier molecular flexibility index (Phi) is 9.02. The zero-order chi connectivity index (χ0) is 13.1. The van der Waals surface area contributed by atoms with Crippen LogP contribution in [-0.2, 0) is 18.4 Å². The minimum Gasteiger partial charge on any atom is -0.463 e. The van der Waals surface area contributed by atoms with Crippen molar-refractivity contribution in [2.75, 3.05) is 20.8 Å². The van der Waals surface area contributed by atoms with Gasteiger partial charge in [-0.25, -0.2) is 4.79 Å². The van der Waals surface area contributed by atoms with Gasteiger partial charge in [0.15, 0.2) is 0 Å². The molecule has 0 amide bonds. The molecular formula is C12H24O4Si. The summed E-state index contributed by atoms with van der Waals surface area (Å²) < 4.78 is 15.7. The molecule has 0 aromatic carbocycles. The van der Waals surface area contributed by atoms with Gasteiger partial charge in [-0.2, -0.15) is 0 Å². The molecule has 0 rings (SSSR count). The van der Waals surface area contributed by atoms with E-state index < -0.39 is 8.56 Å². The number of unbranched alkanes of at least 4 members (excludes halogenated alkanes) is 3. The summed E-state index contributed by atoms with van der Waals surface area (Å²) in [5.74, 6) is -0.344. The molecule has 0 fully saturated rings. The summed E-state index contributed by atoms with van der Waals surface area (Å²) >= 11 is 0. The summed E-state index contributed by atoms with van der Waals surface area (Å²) in [6.45, 7) is 5.89. The van der Waals surface area contributed by atoms with Crippen LogP contribution < -0.4 is 0 Å². The van der Waals surface area contributed by atoms with Gasteiger partial charge < -0.3 is 13.6 Å². The lowest BCUT2D eigenvalue weighted by atomic mass is 10.2. The van der Waals surface area contributed by atoms with E-state index in [9.17, 15) is 4.79 Å². The molecular weight excluding hydrogens is 236 g/mol. The molecule has 17 heavy (non-hydrogen) atoms. The molecule has 0 radical (unpaired) electrons. The highest BCUT2D eigenvalue weighted by Crippen LogP contribution is 2.16. The van der Waals surface area contributed by atoms with Crippen molar-refractivity contribution in [2.45, 2.75) is 38.3 Å². The lowest BCUT2D eigenvalue weighted by molar-refractivity contribution is -0.137. The van der Waals surface area contributed by atoms with Crippen LogP contribution in [0, 0.1) is 0 Å². The summed E-state index contributed by atoms with van der Waals surface area (Å²) in [6, 6.07) is 1.01. The molecule has 0 aromatic heterocycles. The minimum absolute atomic E-state index is 0.344. The summed E-state index contributed by atoms with van der Waals surface area (Å²) in [4.78, 5) is 10.7. The second-order valence-electron chi connectivity index (χ2n) is 4.08. The monoisotopic (exact) mass is 260 g/mol. The smallest absolute Gasteiger partial charge is 0.334 e. The van der Waals surface area contributed by atoms with E-state index in [0.29, 0.717) is 6.61 Å². The van der Waals surface area contributed by atoms with Crippen LogP contribution in [0.5, 0.6) is 0 Å². The Morgan fingerprint density at radius 3 is 2.29 bits per heavy atom. The van der Waals surface area contributed by atoms with E-state index in [2.05, 4.69) is 13.1 Å². The molecule has 0 spiro atoms.